The molecule has 136 valence electrons. The van der Waals surface area contributed by atoms with E-state index < -0.39 is 21.9 Å². The number of fused-ring (bicyclic) bond motifs is 2. The largest absolute Gasteiger partial charge is 0.507 e. The molecule has 0 saturated carbocycles. The Morgan fingerprint density at radius 1 is 0.852 bits per heavy atom. The molecule has 0 spiro atoms. The van der Waals surface area contributed by atoms with Crippen molar-refractivity contribution in [1.29, 1.82) is 0 Å². The number of nitrogens with one attached hydrogen (secondary N) is 2. The fraction of sp³-hybridized carbons (Fsp3) is 0. The van der Waals surface area contributed by atoms with Crippen LogP contribution < -0.4 is 11.1 Å². The second-order valence-corrected chi connectivity index (χ2v) is 5.52. The molecule has 27 heavy (non-hydrogen) atoms. The number of hydrogen-bond acceptors (Lipinski definition) is 6. The Hall–Kier alpha value is -4.14. The van der Waals surface area contributed by atoms with Crippen molar-refractivity contribution in [3.05, 3.63) is 85.4 Å². The van der Waals surface area contributed by atoms with E-state index in [1.165, 1.54) is 12.1 Å². The molecule has 2 heterocycles. The predicted octanol–water partition coefficient (Wildman–Crippen LogP) is 2.38. The highest BCUT2D eigenvalue weighted by molar-refractivity contribution is 5.87. The number of aromatic amines is 2. The summed E-state index contributed by atoms with van der Waals surface area (Å²) in [4.78, 5) is 36.7. The fourth-order valence-electron chi connectivity index (χ4n) is 2.57. The lowest BCUT2D eigenvalue weighted by molar-refractivity contribution is -0.387. The molecule has 0 aliphatic rings. The van der Waals surface area contributed by atoms with Crippen molar-refractivity contribution in [3.63, 3.8) is 0 Å². The summed E-state index contributed by atoms with van der Waals surface area (Å²) < 4.78 is 0. The number of hydrogen-bond donors (Lipinski definition) is 4. The third-order valence-corrected chi connectivity index (χ3v) is 3.78. The summed E-state index contributed by atoms with van der Waals surface area (Å²) in [5.74, 6) is -0.575. The Labute approximate surface area is 150 Å². The summed E-state index contributed by atoms with van der Waals surface area (Å²) in [6.07, 6.45) is 0. The Bertz CT molecular complexity index is 1280. The second kappa shape index (κ2) is 7.00. The average Bonchev–Trinajstić information content (AvgIpc) is 2.62. The van der Waals surface area contributed by atoms with Crippen LogP contribution in [0.15, 0.2) is 64.2 Å². The third-order valence-electron chi connectivity index (χ3n) is 3.78. The van der Waals surface area contributed by atoms with E-state index in [9.17, 15) is 29.9 Å². The first-order chi connectivity index (χ1) is 12.9. The lowest BCUT2D eigenvalue weighted by Gasteiger charge is -2.00. The number of rotatable bonds is 1. The molecule has 0 saturated heterocycles. The number of pyridine rings is 2. The van der Waals surface area contributed by atoms with Gasteiger partial charge in [-0.3, -0.25) is 19.7 Å². The maximum atomic E-state index is 11.2. The van der Waals surface area contributed by atoms with Crippen molar-refractivity contribution in [1.82, 2.24) is 9.97 Å². The van der Waals surface area contributed by atoms with Gasteiger partial charge in [-0.1, -0.05) is 24.3 Å². The Kier molecular flexibility index (Phi) is 4.58. The summed E-state index contributed by atoms with van der Waals surface area (Å²) in [6, 6.07) is 14.6. The first kappa shape index (κ1) is 17.7. The number of H-pyrrole nitrogens is 2. The SMILES string of the molecule is O=c1[nH]c2ccccc2c(O)c1[N+](=O)[O-].O=c1cc(O)c2ccccc2[nH]1. The smallest absolute Gasteiger partial charge is 0.375 e. The number of benzene rings is 2. The second-order valence-electron chi connectivity index (χ2n) is 5.52. The van der Waals surface area contributed by atoms with Crippen LogP contribution in [0.25, 0.3) is 21.8 Å². The molecule has 0 aliphatic heterocycles. The molecule has 0 radical (unpaired) electrons. The van der Waals surface area contributed by atoms with Gasteiger partial charge in [0.25, 0.3) is 5.56 Å². The molecule has 0 amide bonds. The first-order valence-corrected chi connectivity index (χ1v) is 7.68. The standard InChI is InChI=1S/C9H6N2O4.C9H7NO2/c12-8-5-3-1-2-4-6(5)10-9(13)7(8)11(14)15;11-8-5-9(12)10-7-4-2-1-3-6(7)8/h1-4H,(H2,10,12,13);1-5H,(H2,10,11,12). The molecule has 9 nitrogen and oxygen atoms in total. The van der Waals surface area contributed by atoms with Crippen molar-refractivity contribution in [2.45, 2.75) is 0 Å². The summed E-state index contributed by atoms with van der Waals surface area (Å²) in [5.41, 5.74) is -0.996. The molecule has 4 rings (SSSR count). The molecule has 0 atom stereocenters. The normalized spacial score (nSPS) is 10.4. The topological polar surface area (TPSA) is 149 Å². The van der Waals surface area contributed by atoms with Crippen LogP contribution in [-0.4, -0.2) is 25.1 Å². The summed E-state index contributed by atoms with van der Waals surface area (Å²) >= 11 is 0. The van der Waals surface area contributed by atoms with Crippen molar-refractivity contribution in [2.75, 3.05) is 0 Å². The van der Waals surface area contributed by atoms with Gasteiger partial charge in [-0.05, 0) is 24.3 Å². The van der Waals surface area contributed by atoms with E-state index in [-0.39, 0.29) is 16.7 Å². The summed E-state index contributed by atoms with van der Waals surface area (Å²) in [6.45, 7) is 0. The maximum absolute atomic E-state index is 11.2. The average molecular weight is 367 g/mol. The zero-order valence-corrected chi connectivity index (χ0v) is 13.7. The highest BCUT2D eigenvalue weighted by Gasteiger charge is 2.21. The molecule has 4 N–H and O–H groups in total. The van der Waals surface area contributed by atoms with E-state index in [0.717, 1.165) is 0 Å². The van der Waals surface area contributed by atoms with Crippen molar-refractivity contribution in [3.8, 4) is 11.5 Å². The Balaban J connectivity index is 0.000000159. The van der Waals surface area contributed by atoms with Gasteiger partial charge >= 0.3 is 11.2 Å². The number of nitrogens with zero attached hydrogens (tertiary/aromatic N) is 1. The molecule has 0 aliphatic carbocycles. The molecule has 0 unspecified atom stereocenters. The minimum Gasteiger partial charge on any atom is -0.507 e. The first-order valence-electron chi connectivity index (χ1n) is 7.68. The van der Waals surface area contributed by atoms with Gasteiger partial charge in [-0.15, -0.1) is 0 Å². The monoisotopic (exact) mass is 367 g/mol. The Morgan fingerprint density at radius 2 is 1.41 bits per heavy atom. The lowest BCUT2D eigenvalue weighted by atomic mass is 10.2. The van der Waals surface area contributed by atoms with Crippen LogP contribution in [0.2, 0.25) is 0 Å². The van der Waals surface area contributed by atoms with Crippen LogP contribution in [0, 0.1) is 10.1 Å². The van der Waals surface area contributed by atoms with Gasteiger partial charge in [-0.2, -0.15) is 0 Å². The third kappa shape index (κ3) is 3.47. The molecule has 4 aromatic rings. The van der Waals surface area contributed by atoms with Gasteiger partial charge in [0, 0.05) is 16.8 Å². The van der Waals surface area contributed by atoms with Crippen molar-refractivity contribution < 1.29 is 15.1 Å². The minimum atomic E-state index is -0.906. The molecular weight excluding hydrogens is 354 g/mol. The zero-order chi connectivity index (χ0) is 19.6. The molecule has 0 bridgehead atoms. The summed E-state index contributed by atoms with van der Waals surface area (Å²) in [5, 5.41) is 30.3. The van der Waals surface area contributed by atoms with Crippen molar-refractivity contribution >= 4 is 27.5 Å². The number of para-hydroxylation sites is 2. The fourth-order valence-corrected chi connectivity index (χ4v) is 2.57. The van der Waals surface area contributed by atoms with E-state index in [4.69, 9.17) is 0 Å². The van der Waals surface area contributed by atoms with Crippen LogP contribution in [0.3, 0.4) is 0 Å². The quantitative estimate of drug-likeness (QED) is 0.300. The number of nitro groups is 1. The van der Waals surface area contributed by atoms with E-state index >= 15 is 0 Å². The van der Waals surface area contributed by atoms with Crippen LogP contribution >= 0.6 is 0 Å². The number of aromatic nitrogens is 2. The van der Waals surface area contributed by atoms with Gasteiger partial charge in [0.05, 0.1) is 16.0 Å². The van der Waals surface area contributed by atoms with Gasteiger partial charge in [0.15, 0.2) is 0 Å². The van der Waals surface area contributed by atoms with E-state index in [1.807, 2.05) is 0 Å². The van der Waals surface area contributed by atoms with Crippen LogP contribution in [0.5, 0.6) is 11.5 Å². The predicted molar refractivity (Wildman–Crippen MR) is 99.1 cm³/mol. The molecule has 2 aromatic heterocycles. The molecule has 2 aromatic carbocycles. The van der Waals surface area contributed by atoms with Crippen LogP contribution in [-0.2, 0) is 0 Å². The van der Waals surface area contributed by atoms with Crippen molar-refractivity contribution in [2.24, 2.45) is 0 Å². The highest BCUT2D eigenvalue weighted by atomic mass is 16.6. The minimum absolute atomic E-state index is 0.0225. The van der Waals surface area contributed by atoms with Gasteiger partial charge in [-0.25, -0.2) is 0 Å². The zero-order valence-electron chi connectivity index (χ0n) is 13.7. The summed E-state index contributed by atoms with van der Waals surface area (Å²) in [7, 11) is 0. The van der Waals surface area contributed by atoms with Gasteiger partial charge < -0.3 is 20.2 Å². The van der Waals surface area contributed by atoms with E-state index in [0.29, 0.717) is 16.4 Å². The lowest BCUT2D eigenvalue weighted by Crippen LogP contribution is -2.11. The van der Waals surface area contributed by atoms with Crippen LogP contribution in [0.4, 0.5) is 5.69 Å². The van der Waals surface area contributed by atoms with Gasteiger partial charge in [0.1, 0.15) is 5.75 Å². The molecule has 9 heteroatoms. The highest BCUT2D eigenvalue weighted by Crippen LogP contribution is 2.28. The maximum Gasteiger partial charge on any atom is 0.375 e. The van der Waals surface area contributed by atoms with E-state index in [1.54, 1.807) is 42.5 Å². The Morgan fingerprint density at radius 3 is 2.04 bits per heavy atom. The van der Waals surface area contributed by atoms with E-state index in [2.05, 4.69) is 9.97 Å². The van der Waals surface area contributed by atoms with Crippen LogP contribution in [0.1, 0.15) is 0 Å². The van der Waals surface area contributed by atoms with Gasteiger partial charge in [0.2, 0.25) is 5.75 Å². The molecular formula is C18H13N3O6. The number of aromatic hydroxyl groups is 2. The molecule has 0 fully saturated rings.